The van der Waals surface area contributed by atoms with Crippen LogP contribution in [-0.4, -0.2) is 25.5 Å². The Labute approximate surface area is 203 Å². The van der Waals surface area contributed by atoms with Crippen molar-refractivity contribution in [3.05, 3.63) is 109 Å². The minimum Gasteiger partial charge on any atom is -0.495 e. The lowest BCUT2D eigenvalue weighted by Crippen LogP contribution is -2.20. The van der Waals surface area contributed by atoms with E-state index in [4.69, 9.17) is 14.2 Å². The molecule has 7 nitrogen and oxygen atoms in total. The van der Waals surface area contributed by atoms with Crippen molar-refractivity contribution < 1.29 is 23.8 Å². The predicted molar refractivity (Wildman–Crippen MR) is 134 cm³/mol. The standard InChI is InChI=1S/C28H24N2O5/c1-33-26-10-6-5-9-25(26)30-28(32)20-11-15-22(16-12-20)34-19-27(31)29-21-13-17-24(18-14-21)35-23-7-3-2-4-8-23/h2-18H,19H2,1H3,(H,29,31)(H,30,32). The number of hydrogen-bond donors (Lipinski definition) is 2. The Morgan fingerprint density at radius 3 is 2.03 bits per heavy atom. The smallest absolute Gasteiger partial charge is 0.262 e. The number of nitrogens with one attached hydrogen (secondary N) is 2. The van der Waals surface area contributed by atoms with Gasteiger partial charge in [0.15, 0.2) is 6.61 Å². The van der Waals surface area contributed by atoms with Gasteiger partial charge in [-0.15, -0.1) is 0 Å². The van der Waals surface area contributed by atoms with Crippen molar-refractivity contribution in [1.82, 2.24) is 0 Å². The molecule has 0 radical (unpaired) electrons. The molecule has 0 aliphatic carbocycles. The monoisotopic (exact) mass is 468 g/mol. The quantitative estimate of drug-likeness (QED) is 0.326. The predicted octanol–water partition coefficient (Wildman–Crippen LogP) is 5.76. The number of amides is 2. The van der Waals surface area contributed by atoms with Crippen LogP contribution in [0.4, 0.5) is 11.4 Å². The van der Waals surface area contributed by atoms with Crippen LogP contribution < -0.4 is 24.8 Å². The summed E-state index contributed by atoms with van der Waals surface area (Å²) in [4.78, 5) is 24.8. The number of hydrogen-bond acceptors (Lipinski definition) is 5. The van der Waals surface area contributed by atoms with Gasteiger partial charge in [-0.2, -0.15) is 0 Å². The van der Waals surface area contributed by atoms with Gasteiger partial charge in [0.25, 0.3) is 11.8 Å². The molecule has 0 saturated heterocycles. The van der Waals surface area contributed by atoms with Crippen molar-refractivity contribution in [2.75, 3.05) is 24.4 Å². The van der Waals surface area contributed by atoms with Gasteiger partial charge in [0.05, 0.1) is 12.8 Å². The van der Waals surface area contributed by atoms with Crippen molar-refractivity contribution in [3.63, 3.8) is 0 Å². The molecule has 0 atom stereocenters. The molecule has 0 fully saturated rings. The summed E-state index contributed by atoms with van der Waals surface area (Å²) in [6, 6.07) is 30.2. The molecule has 0 aromatic heterocycles. The van der Waals surface area contributed by atoms with Gasteiger partial charge in [-0.3, -0.25) is 9.59 Å². The molecule has 2 N–H and O–H groups in total. The van der Waals surface area contributed by atoms with Crippen molar-refractivity contribution in [3.8, 4) is 23.0 Å². The summed E-state index contributed by atoms with van der Waals surface area (Å²) < 4.78 is 16.5. The van der Waals surface area contributed by atoms with Crippen molar-refractivity contribution in [2.45, 2.75) is 0 Å². The first-order chi connectivity index (χ1) is 17.1. The Hall–Kier alpha value is -4.78. The maximum Gasteiger partial charge on any atom is 0.262 e. The zero-order chi connectivity index (χ0) is 24.5. The Balaban J connectivity index is 1.25. The summed E-state index contributed by atoms with van der Waals surface area (Å²) in [5.74, 6) is 1.87. The highest BCUT2D eigenvalue weighted by Crippen LogP contribution is 2.24. The molecular formula is C28H24N2O5. The molecule has 0 aliphatic heterocycles. The zero-order valence-electron chi connectivity index (χ0n) is 19.1. The van der Waals surface area contributed by atoms with Gasteiger partial charge in [0, 0.05) is 11.3 Å². The van der Waals surface area contributed by atoms with E-state index in [0.717, 1.165) is 5.75 Å². The molecule has 7 heteroatoms. The first-order valence-corrected chi connectivity index (χ1v) is 10.9. The second-order valence-electron chi connectivity index (χ2n) is 7.46. The van der Waals surface area contributed by atoms with E-state index in [0.29, 0.717) is 34.2 Å². The van der Waals surface area contributed by atoms with E-state index in [9.17, 15) is 9.59 Å². The average molecular weight is 469 g/mol. The van der Waals surface area contributed by atoms with Crippen LogP contribution in [0.25, 0.3) is 0 Å². The zero-order valence-corrected chi connectivity index (χ0v) is 19.1. The van der Waals surface area contributed by atoms with Crippen LogP contribution in [0.5, 0.6) is 23.0 Å². The van der Waals surface area contributed by atoms with Gasteiger partial charge in [-0.25, -0.2) is 0 Å². The summed E-state index contributed by atoms with van der Waals surface area (Å²) in [5.41, 5.74) is 1.66. The first kappa shape index (κ1) is 23.4. The van der Waals surface area contributed by atoms with Crippen LogP contribution in [0, 0.1) is 0 Å². The highest BCUT2D eigenvalue weighted by molar-refractivity contribution is 6.05. The molecule has 0 heterocycles. The van der Waals surface area contributed by atoms with Gasteiger partial charge < -0.3 is 24.8 Å². The van der Waals surface area contributed by atoms with Crippen LogP contribution in [0.2, 0.25) is 0 Å². The molecule has 35 heavy (non-hydrogen) atoms. The molecule has 4 rings (SSSR count). The maximum absolute atomic E-state index is 12.5. The lowest BCUT2D eigenvalue weighted by Gasteiger charge is -2.11. The molecule has 0 bridgehead atoms. The number of para-hydroxylation sites is 3. The lowest BCUT2D eigenvalue weighted by molar-refractivity contribution is -0.118. The van der Waals surface area contributed by atoms with Gasteiger partial charge in [0.1, 0.15) is 23.0 Å². The van der Waals surface area contributed by atoms with Crippen LogP contribution in [-0.2, 0) is 4.79 Å². The van der Waals surface area contributed by atoms with Gasteiger partial charge in [-0.1, -0.05) is 30.3 Å². The summed E-state index contributed by atoms with van der Waals surface area (Å²) in [5, 5.41) is 5.59. The lowest BCUT2D eigenvalue weighted by atomic mass is 10.2. The fourth-order valence-corrected chi connectivity index (χ4v) is 3.22. The minimum absolute atomic E-state index is 0.172. The molecule has 2 amide bonds. The molecule has 0 aliphatic rings. The Morgan fingerprint density at radius 1 is 0.686 bits per heavy atom. The van der Waals surface area contributed by atoms with E-state index in [1.165, 1.54) is 0 Å². The number of rotatable bonds is 9. The van der Waals surface area contributed by atoms with Gasteiger partial charge in [-0.05, 0) is 72.8 Å². The normalized spacial score (nSPS) is 10.2. The second kappa shape index (κ2) is 11.4. The Kier molecular flexibility index (Phi) is 7.60. The number of methoxy groups -OCH3 is 1. The van der Waals surface area contributed by atoms with Gasteiger partial charge >= 0.3 is 0 Å². The topological polar surface area (TPSA) is 85.9 Å². The molecular weight excluding hydrogens is 444 g/mol. The third kappa shape index (κ3) is 6.61. The fraction of sp³-hybridized carbons (Fsp3) is 0.0714. The minimum atomic E-state index is -0.306. The third-order valence-electron chi connectivity index (χ3n) is 4.96. The van der Waals surface area contributed by atoms with E-state index in [1.807, 2.05) is 42.5 Å². The number of ether oxygens (including phenoxy) is 3. The van der Waals surface area contributed by atoms with Crippen molar-refractivity contribution in [2.24, 2.45) is 0 Å². The molecule has 0 saturated carbocycles. The second-order valence-corrected chi connectivity index (χ2v) is 7.46. The summed E-state index contributed by atoms with van der Waals surface area (Å²) in [6.07, 6.45) is 0. The molecule has 4 aromatic carbocycles. The first-order valence-electron chi connectivity index (χ1n) is 10.9. The highest BCUT2D eigenvalue weighted by Gasteiger charge is 2.10. The van der Waals surface area contributed by atoms with Crippen LogP contribution in [0.3, 0.4) is 0 Å². The van der Waals surface area contributed by atoms with Gasteiger partial charge in [0.2, 0.25) is 0 Å². The number of anilines is 2. The Morgan fingerprint density at radius 2 is 1.31 bits per heavy atom. The largest absolute Gasteiger partial charge is 0.495 e. The fourth-order valence-electron chi connectivity index (χ4n) is 3.22. The number of carbonyl (C=O) groups is 2. The third-order valence-corrected chi connectivity index (χ3v) is 4.96. The highest BCUT2D eigenvalue weighted by atomic mass is 16.5. The van der Waals surface area contributed by atoms with Crippen molar-refractivity contribution in [1.29, 1.82) is 0 Å². The molecule has 176 valence electrons. The van der Waals surface area contributed by atoms with E-state index in [-0.39, 0.29) is 18.4 Å². The van der Waals surface area contributed by atoms with E-state index < -0.39 is 0 Å². The Bertz CT molecular complexity index is 1270. The van der Waals surface area contributed by atoms with Crippen LogP contribution in [0.15, 0.2) is 103 Å². The van der Waals surface area contributed by atoms with Crippen LogP contribution in [0.1, 0.15) is 10.4 Å². The molecule has 4 aromatic rings. The van der Waals surface area contributed by atoms with E-state index in [1.54, 1.807) is 67.8 Å². The average Bonchev–Trinajstić information content (AvgIpc) is 2.90. The number of benzene rings is 4. The summed E-state index contributed by atoms with van der Waals surface area (Å²) >= 11 is 0. The van der Waals surface area contributed by atoms with E-state index in [2.05, 4.69) is 10.6 Å². The molecule has 0 unspecified atom stereocenters. The van der Waals surface area contributed by atoms with Crippen LogP contribution >= 0.6 is 0 Å². The summed E-state index contributed by atoms with van der Waals surface area (Å²) in [6.45, 7) is -0.172. The summed E-state index contributed by atoms with van der Waals surface area (Å²) in [7, 11) is 1.54. The molecule has 0 spiro atoms. The van der Waals surface area contributed by atoms with E-state index >= 15 is 0 Å². The van der Waals surface area contributed by atoms with Crippen molar-refractivity contribution >= 4 is 23.2 Å². The SMILES string of the molecule is COc1ccccc1NC(=O)c1ccc(OCC(=O)Nc2ccc(Oc3ccccc3)cc2)cc1. The number of carbonyl (C=O) groups excluding carboxylic acids is 2. The maximum atomic E-state index is 12.5.